The van der Waals surface area contributed by atoms with E-state index in [2.05, 4.69) is 31.5 Å². The number of halogens is 2. The van der Waals surface area contributed by atoms with Crippen molar-refractivity contribution in [3.05, 3.63) is 69.3 Å². The number of fused-ring (bicyclic) bond motifs is 1. The third kappa shape index (κ3) is 4.18. The van der Waals surface area contributed by atoms with Crippen molar-refractivity contribution in [3.63, 3.8) is 0 Å². The maximum atomic E-state index is 13.3. The van der Waals surface area contributed by atoms with Gasteiger partial charge in [0, 0.05) is 22.2 Å². The lowest BCUT2D eigenvalue weighted by atomic mass is 10.1. The number of thiophene rings is 1. The monoisotopic (exact) mass is 377 g/mol. The highest BCUT2D eigenvalue weighted by Crippen LogP contribution is 2.35. The van der Waals surface area contributed by atoms with Crippen molar-refractivity contribution < 1.29 is 14.1 Å². The molecule has 0 saturated heterocycles. The summed E-state index contributed by atoms with van der Waals surface area (Å²) in [5, 5.41) is 3.96. The molecule has 3 rings (SSSR count). The first-order valence-electron chi connectivity index (χ1n) is 7.96. The molecule has 1 heterocycles. The number of nitrogens with one attached hydrogen (secondary N) is 2. The van der Waals surface area contributed by atoms with Crippen LogP contribution in [0.5, 0.6) is 0 Å². The molecular weight excluding hydrogens is 359 g/mol. The number of rotatable bonds is 5. The third-order valence-electron chi connectivity index (χ3n) is 3.83. The van der Waals surface area contributed by atoms with Crippen molar-refractivity contribution >= 4 is 38.9 Å². The van der Waals surface area contributed by atoms with Crippen molar-refractivity contribution in [2.45, 2.75) is 13.1 Å². The normalized spacial score (nSPS) is 11.2. The number of quaternary nitrogens is 1. The predicted octanol–water partition coefficient (Wildman–Crippen LogP) is 3.27. The van der Waals surface area contributed by atoms with Crippen LogP contribution in [0.1, 0.15) is 20.8 Å². The minimum Gasteiger partial charge on any atom is -0.347 e. The molecule has 1 amide bonds. The molecule has 0 spiro atoms. The molecule has 0 saturated carbocycles. The van der Waals surface area contributed by atoms with E-state index in [9.17, 15) is 9.18 Å². The molecule has 6 heteroatoms. The summed E-state index contributed by atoms with van der Waals surface area (Å²) in [5.74, 6) is -0.578. The van der Waals surface area contributed by atoms with Crippen LogP contribution >= 0.6 is 22.9 Å². The van der Waals surface area contributed by atoms with Gasteiger partial charge in [0.25, 0.3) is 5.91 Å². The molecule has 2 aromatic carbocycles. The van der Waals surface area contributed by atoms with E-state index in [1.807, 2.05) is 12.1 Å². The van der Waals surface area contributed by atoms with Gasteiger partial charge in [-0.15, -0.1) is 11.3 Å². The summed E-state index contributed by atoms with van der Waals surface area (Å²) < 4.78 is 14.0. The summed E-state index contributed by atoms with van der Waals surface area (Å²) in [6, 6.07) is 12.5. The Bertz CT molecular complexity index is 906. The molecule has 0 atom stereocenters. The van der Waals surface area contributed by atoms with Crippen LogP contribution in [0, 0.1) is 5.82 Å². The molecule has 0 bridgehead atoms. The molecule has 2 N–H and O–H groups in total. The second-order valence-corrected chi connectivity index (χ2v) is 7.70. The van der Waals surface area contributed by atoms with Gasteiger partial charge in [0.2, 0.25) is 0 Å². The lowest BCUT2D eigenvalue weighted by Crippen LogP contribution is -3.04. The van der Waals surface area contributed by atoms with Gasteiger partial charge in [-0.2, -0.15) is 0 Å². The van der Waals surface area contributed by atoms with Crippen molar-refractivity contribution in [2.75, 3.05) is 14.1 Å². The van der Waals surface area contributed by atoms with E-state index in [0.29, 0.717) is 26.5 Å². The summed E-state index contributed by atoms with van der Waals surface area (Å²) in [7, 11) is 4.21. The minimum atomic E-state index is -0.336. The number of hydrogen-bond acceptors (Lipinski definition) is 2. The van der Waals surface area contributed by atoms with E-state index in [0.717, 1.165) is 12.1 Å². The van der Waals surface area contributed by atoms with Gasteiger partial charge in [-0.25, -0.2) is 4.39 Å². The van der Waals surface area contributed by atoms with Crippen molar-refractivity contribution in [1.82, 2.24) is 5.32 Å². The zero-order valence-electron chi connectivity index (χ0n) is 14.0. The summed E-state index contributed by atoms with van der Waals surface area (Å²) in [5.41, 5.74) is 2.28. The Morgan fingerprint density at radius 1 is 1.16 bits per heavy atom. The van der Waals surface area contributed by atoms with Gasteiger partial charge in [0.05, 0.1) is 19.1 Å². The summed E-state index contributed by atoms with van der Waals surface area (Å²) >= 11 is 7.48. The van der Waals surface area contributed by atoms with E-state index >= 15 is 0 Å². The number of benzene rings is 2. The molecule has 130 valence electrons. The fourth-order valence-electron chi connectivity index (χ4n) is 2.63. The summed E-state index contributed by atoms with van der Waals surface area (Å²) in [6.45, 7) is 1.38. The Balaban J connectivity index is 1.69. The second kappa shape index (κ2) is 7.52. The van der Waals surface area contributed by atoms with Crippen LogP contribution in [0.15, 0.2) is 42.5 Å². The molecule has 0 aliphatic carbocycles. The molecular formula is C19H19ClFN2OS+. The standard InChI is InChI=1S/C19H18ClFN2OS/c1-23(2)11-13-5-3-12(4-6-13)10-22-19(24)18-17(20)15-8-7-14(21)9-16(15)25-18/h3-9H,10-11H2,1-2H3,(H,22,24)/p+1. The Hall–Kier alpha value is -1.95. The first kappa shape index (κ1) is 17.9. The summed E-state index contributed by atoms with van der Waals surface area (Å²) in [6.07, 6.45) is 0. The largest absolute Gasteiger partial charge is 0.347 e. The van der Waals surface area contributed by atoms with E-state index in [4.69, 9.17) is 11.6 Å². The van der Waals surface area contributed by atoms with Gasteiger partial charge in [0.15, 0.2) is 0 Å². The lowest BCUT2D eigenvalue weighted by molar-refractivity contribution is -0.872. The second-order valence-electron chi connectivity index (χ2n) is 6.27. The quantitative estimate of drug-likeness (QED) is 0.703. The highest BCUT2D eigenvalue weighted by Gasteiger charge is 2.17. The maximum absolute atomic E-state index is 13.3. The number of hydrogen-bond donors (Lipinski definition) is 2. The summed E-state index contributed by atoms with van der Waals surface area (Å²) in [4.78, 5) is 14.2. The van der Waals surface area contributed by atoms with Gasteiger partial charge in [-0.3, -0.25) is 4.79 Å². The number of amides is 1. The Morgan fingerprint density at radius 2 is 1.84 bits per heavy atom. The molecule has 0 fully saturated rings. The molecule has 1 aromatic heterocycles. The van der Waals surface area contributed by atoms with Crippen LogP contribution in [-0.2, 0) is 13.1 Å². The Labute approximate surface area is 155 Å². The number of carbonyl (C=O) groups excluding carboxylic acids is 1. The highest BCUT2D eigenvalue weighted by atomic mass is 35.5. The molecule has 0 unspecified atom stereocenters. The van der Waals surface area contributed by atoms with E-state index in [-0.39, 0.29) is 11.7 Å². The molecule has 3 aromatic rings. The topological polar surface area (TPSA) is 33.5 Å². The average molecular weight is 378 g/mol. The first-order valence-corrected chi connectivity index (χ1v) is 9.16. The first-order chi connectivity index (χ1) is 11.9. The minimum absolute atomic E-state index is 0.242. The van der Waals surface area contributed by atoms with E-state index in [1.165, 1.54) is 33.9 Å². The van der Waals surface area contributed by atoms with Gasteiger partial charge in [-0.05, 0) is 23.8 Å². The maximum Gasteiger partial charge on any atom is 0.263 e. The highest BCUT2D eigenvalue weighted by molar-refractivity contribution is 7.21. The van der Waals surface area contributed by atoms with Crippen molar-refractivity contribution in [3.8, 4) is 0 Å². The average Bonchev–Trinajstić information content (AvgIpc) is 2.89. The van der Waals surface area contributed by atoms with E-state index in [1.54, 1.807) is 6.07 Å². The predicted molar refractivity (Wildman–Crippen MR) is 101 cm³/mol. The van der Waals surface area contributed by atoms with Crippen molar-refractivity contribution in [2.24, 2.45) is 0 Å². The van der Waals surface area contributed by atoms with Crippen LogP contribution < -0.4 is 10.2 Å². The van der Waals surface area contributed by atoms with Gasteiger partial charge in [-0.1, -0.05) is 35.9 Å². The zero-order valence-corrected chi connectivity index (χ0v) is 15.6. The van der Waals surface area contributed by atoms with Crippen LogP contribution in [0.3, 0.4) is 0 Å². The fourth-order valence-corrected chi connectivity index (χ4v) is 4.09. The Morgan fingerprint density at radius 3 is 2.52 bits per heavy atom. The lowest BCUT2D eigenvalue weighted by Gasteiger charge is -2.08. The molecule has 0 aliphatic heterocycles. The molecule has 3 nitrogen and oxygen atoms in total. The third-order valence-corrected chi connectivity index (χ3v) is 5.49. The number of carbonyl (C=O) groups is 1. The van der Waals surface area contributed by atoms with Crippen LogP contribution in [0.25, 0.3) is 10.1 Å². The fraction of sp³-hybridized carbons (Fsp3) is 0.211. The molecule has 0 radical (unpaired) electrons. The SMILES string of the molecule is C[NH+](C)Cc1ccc(CNC(=O)c2sc3cc(F)ccc3c2Cl)cc1. The van der Waals surface area contributed by atoms with Gasteiger partial charge >= 0.3 is 0 Å². The van der Waals surface area contributed by atoms with Gasteiger partial charge < -0.3 is 10.2 Å². The molecule has 0 aliphatic rings. The van der Waals surface area contributed by atoms with Crippen molar-refractivity contribution in [1.29, 1.82) is 0 Å². The van der Waals surface area contributed by atoms with Gasteiger partial charge in [0.1, 0.15) is 17.2 Å². The zero-order chi connectivity index (χ0) is 18.0. The van der Waals surface area contributed by atoms with Crippen LogP contribution in [-0.4, -0.2) is 20.0 Å². The molecule has 25 heavy (non-hydrogen) atoms. The Kier molecular flexibility index (Phi) is 5.37. The van der Waals surface area contributed by atoms with E-state index < -0.39 is 0 Å². The smallest absolute Gasteiger partial charge is 0.263 e. The van der Waals surface area contributed by atoms with Crippen LogP contribution in [0.4, 0.5) is 4.39 Å². The van der Waals surface area contributed by atoms with Crippen LogP contribution in [0.2, 0.25) is 5.02 Å².